The number of carboxylic acids is 1. The Bertz CT molecular complexity index is 400. The van der Waals surface area contributed by atoms with E-state index < -0.39 is 18.8 Å². The molecular formula is C8H5ClF2INO2. The highest BCUT2D eigenvalue weighted by Crippen LogP contribution is 2.30. The van der Waals surface area contributed by atoms with Crippen LogP contribution >= 0.6 is 34.2 Å². The van der Waals surface area contributed by atoms with Crippen LogP contribution in [0.15, 0.2) is 6.07 Å². The molecule has 0 atom stereocenters. The number of halogens is 4. The van der Waals surface area contributed by atoms with Crippen molar-refractivity contribution in [3.63, 3.8) is 0 Å². The second-order valence-electron chi connectivity index (χ2n) is 2.68. The Morgan fingerprint density at radius 3 is 2.73 bits per heavy atom. The Hall–Kier alpha value is -0.500. The molecule has 0 radical (unpaired) electrons. The number of hydrogen-bond donors (Lipinski definition) is 1. The molecule has 0 saturated carbocycles. The van der Waals surface area contributed by atoms with E-state index in [9.17, 15) is 13.6 Å². The Morgan fingerprint density at radius 2 is 2.27 bits per heavy atom. The van der Waals surface area contributed by atoms with Gasteiger partial charge >= 0.3 is 5.97 Å². The number of alkyl halides is 2. The molecule has 0 unspecified atom stereocenters. The molecule has 0 aromatic carbocycles. The highest BCUT2D eigenvalue weighted by molar-refractivity contribution is 14.1. The van der Waals surface area contributed by atoms with Gasteiger partial charge in [-0.25, -0.2) is 13.8 Å². The smallest absolute Gasteiger partial charge is 0.309 e. The van der Waals surface area contributed by atoms with Crippen LogP contribution in [-0.4, -0.2) is 16.1 Å². The van der Waals surface area contributed by atoms with E-state index in [0.717, 1.165) is 6.07 Å². The van der Waals surface area contributed by atoms with Gasteiger partial charge in [-0.2, -0.15) is 0 Å². The van der Waals surface area contributed by atoms with Gasteiger partial charge in [0.25, 0.3) is 6.43 Å². The van der Waals surface area contributed by atoms with Crippen LogP contribution in [0.5, 0.6) is 0 Å². The molecule has 7 heteroatoms. The van der Waals surface area contributed by atoms with E-state index in [1.54, 1.807) is 22.6 Å². The molecule has 0 aliphatic heterocycles. The average molecular weight is 347 g/mol. The summed E-state index contributed by atoms with van der Waals surface area (Å²) in [6.45, 7) is 0. The highest BCUT2D eigenvalue weighted by atomic mass is 127. The molecule has 0 bridgehead atoms. The molecule has 0 aliphatic carbocycles. The fourth-order valence-corrected chi connectivity index (χ4v) is 1.77. The van der Waals surface area contributed by atoms with Gasteiger partial charge < -0.3 is 5.11 Å². The predicted octanol–water partition coefficient (Wildman–Crippen LogP) is 2.90. The number of hydrogen-bond acceptors (Lipinski definition) is 2. The van der Waals surface area contributed by atoms with Crippen molar-refractivity contribution >= 4 is 40.2 Å². The first-order valence-electron chi connectivity index (χ1n) is 3.76. The van der Waals surface area contributed by atoms with Crippen LogP contribution in [0.2, 0.25) is 5.02 Å². The van der Waals surface area contributed by atoms with Gasteiger partial charge in [0.1, 0.15) is 3.70 Å². The van der Waals surface area contributed by atoms with Gasteiger partial charge in [-0.1, -0.05) is 11.6 Å². The number of pyridine rings is 1. The van der Waals surface area contributed by atoms with Crippen LogP contribution in [0, 0.1) is 3.70 Å². The van der Waals surface area contributed by atoms with Gasteiger partial charge in [-0.05, 0) is 28.7 Å². The van der Waals surface area contributed by atoms with Gasteiger partial charge in [-0.15, -0.1) is 0 Å². The van der Waals surface area contributed by atoms with Gasteiger partial charge in [0.05, 0.1) is 17.1 Å². The Labute approximate surface area is 103 Å². The van der Waals surface area contributed by atoms with Crippen molar-refractivity contribution in [2.24, 2.45) is 0 Å². The molecule has 1 aromatic heterocycles. The van der Waals surface area contributed by atoms with Gasteiger partial charge in [0.15, 0.2) is 0 Å². The van der Waals surface area contributed by atoms with Crippen molar-refractivity contribution in [3.8, 4) is 0 Å². The van der Waals surface area contributed by atoms with Gasteiger partial charge in [-0.3, -0.25) is 4.79 Å². The second kappa shape index (κ2) is 5.02. The molecule has 82 valence electrons. The van der Waals surface area contributed by atoms with Gasteiger partial charge in [0.2, 0.25) is 0 Å². The summed E-state index contributed by atoms with van der Waals surface area (Å²) in [4.78, 5) is 14.2. The largest absolute Gasteiger partial charge is 0.481 e. The first-order valence-corrected chi connectivity index (χ1v) is 5.22. The topological polar surface area (TPSA) is 50.2 Å². The lowest BCUT2D eigenvalue weighted by Crippen LogP contribution is -2.05. The average Bonchev–Trinajstić information content (AvgIpc) is 2.09. The van der Waals surface area contributed by atoms with Crippen molar-refractivity contribution < 1.29 is 18.7 Å². The molecule has 0 fully saturated rings. The van der Waals surface area contributed by atoms with Crippen LogP contribution < -0.4 is 0 Å². The quantitative estimate of drug-likeness (QED) is 0.676. The number of aromatic nitrogens is 1. The lowest BCUT2D eigenvalue weighted by molar-refractivity contribution is -0.136. The summed E-state index contributed by atoms with van der Waals surface area (Å²) < 4.78 is 25.1. The maximum absolute atomic E-state index is 12.5. The zero-order valence-electron chi connectivity index (χ0n) is 7.18. The number of nitrogens with zero attached hydrogens (tertiary/aromatic N) is 1. The third-order valence-electron chi connectivity index (χ3n) is 1.57. The normalized spacial score (nSPS) is 10.7. The van der Waals surface area contributed by atoms with E-state index in [4.69, 9.17) is 16.7 Å². The van der Waals surface area contributed by atoms with E-state index in [2.05, 4.69) is 4.98 Å². The van der Waals surface area contributed by atoms with Crippen LogP contribution in [0.3, 0.4) is 0 Å². The van der Waals surface area contributed by atoms with Crippen molar-refractivity contribution in [2.45, 2.75) is 12.8 Å². The number of carbonyl (C=O) groups is 1. The summed E-state index contributed by atoms with van der Waals surface area (Å²) in [5, 5.41) is 8.37. The lowest BCUT2D eigenvalue weighted by Gasteiger charge is -2.06. The molecule has 15 heavy (non-hydrogen) atoms. The molecule has 1 rings (SSSR count). The Balaban J connectivity index is 3.17. The first-order chi connectivity index (χ1) is 6.91. The van der Waals surface area contributed by atoms with E-state index in [1.807, 2.05) is 0 Å². The maximum atomic E-state index is 12.5. The minimum Gasteiger partial charge on any atom is -0.481 e. The summed E-state index contributed by atoms with van der Waals surface area (Å²) >= 11 is 7.29. The summed E-state index contributed by atoms with van der Waals surface area (Å²) in [5.74, 6) is -1.12. The third-order valence-corrected chi connectivity index (χ3v) is 3.06. The van der Waals surface area contributed by atoms with Crippen molar-refractivity contribution in [1.29, 1.82) is 0 Å². The minimum absolute atomic E-state index is 0.0756. The Kier molecular flexibility index (Phi) is 4.21. The number of rotatable bonds is 3. The predicted molar refractivity (Wildman–Crippen MR) is 58.3 cm³/mol. The molecule has 0 amide bonds. The van der Waals surface area contributed by atoms with E-state index >= 15 is 0 Å². The zero-order chi connectivity index (χ0) is 11.6. The lowest BCUT2D eigenvalue weighted by atomic mass is 10.2. The third kappa shape index (κ3) is 3.23. The molecule has 1 aromatic rings. The summed E-state index contributed by atoms with van der Waals surface area (Å²) in [6.07, 6.45) is -3.13. The number of aliphatic carboxylic acids is 1. The number of carboxylic acid groups (broad SMARTS) is 1. The van der Waals surface area contributed by atoms with Crippen LogP contribution in [-0.2, 0) is 11.2 Å². The van der Waals surface area contributed by atoms with Crippen LogP contribution in [0.25, 0.3) is 0 Å². The molecule has 0 aliphatic rings. The summed E-state index contributed by atoms with van der Waals surface area (Å²) in [5.41, 5.74) is -0.307. The molecule has 3 nitrogen and oxygen atoms in total. The highest BCUT2D eigenvalue weighted by Gasteiger charge is 2.17. The second-order valence-corrected chi connectivity index (χ2v) is 4.08. The van der Waals surface area contributed by atoms with E-state index in [0.29, 0.717) is 0 Å². The van der Waals surface area contributed by atoms with Crippen molar-refractivity contribution in [2.75, 3.05) is 0 Å². The standard InChI is InChI=1S/C8H5ClF2INO2/c9-6-4(7(10)11)1-3(2-5(14)15)13-8(6)12/h1,7H,2H2,(H,14,15). The zero-order valence-corrected chi connectivity index (χ0v) is 10.1. The Morgan fingerprint density at radius 1 is 1.67 bits per heavy atom. The molecular weight excluding hydrogens is 342 g/mol. The fraction of sp³-hybridized carbons (Fsp3) is 0.250. The van der Waals surface area contributed by atoms with Crippen LogP contribution in [0.1, 0.15) is 17.7 Å². The van der Waals surface area contributed by atoms with Gasteiger partial charge in [0, 0.05) is 5.56 Å². The summed E-state index contributed by atoms with van der Waals surface area (Å²) in [7, 11) is 0. The van der Waals surface area contributed by atoms with Crippen LogP contribution in [0.4, 0.5) is 8.78 Å². The van der Waals surface area contributed by atoms with Crippen molar-refractivity contribution in [3.05, 3.63) is 26.0 Å². The molecule has 0 spiro atoms. The maximum Gasteiger partial charge on any atom is 0.309 e. The SMILES string of the molecule is O=C(O)Cc1cc(C(F)F)c(Cl)c(I)n1. The molecule has 0 saturated heterocycles. The monoisotopic (exact) mass is 347 g/mol. The molecule has 1 heterocycles. The summed E-state index contributed by atoms with van der Waals surface area (Å²) in [6, 6.07) is 1.02. The van der Waals surface area contributed by atoms with Crippen molar-refractivity contribution in [1.82, 2.24) is 4.98 Å². The van der Waals surface area contributed by atoms with E-state index in [-0.39, 0.29) is 20.0 Å². The first kappa shape index (κ1) is 12.6. The minimum atomic E-state index is -2.73. The van der Waals surface area contributed by atoms with E-state index in [1.165, 1.54) is 0 Å². The fourth-order valence-electron chi connectivity index (χ4n) is 0.974. The molecule has 1 N–H and O–H groups in total.